The van der Waals surface area contributed by atoms with E-state index in [1.807, 2.05) is 0 Å². The Morgan fingerprint density at radius 1 is 1.08 bits per heavy atom. The molecule has 1 nitrogen and oxygen atoms in total. The number of rotatable bonds is 4. The van der Waals surface area contributed by atoms with Gasteiger partial charge in [0, 0.05) is 6.42 Å². The molecule has 1 N–H and O–H groups in total. The van der Waals surface area contributed by atoms with Crippen LogP contribution < -0.4 is 5.32 Å². The summed E-state index contributed by atoms with van der Waals surface area (Å²) in [5, 5.41) is 2.49. The molecule has 0 fully saturated rings. The van der Waals surface area contributed by atoms with E-state index in [2.05, 4.69) is 5.32 Å². The molecule has 0 atom stereocenters. The third-order valence-corrected chi connectivity index (χ3v) is 1.33. The third-order valence-electron chi connectivity index (χ3n) is 1.33. The maximum absolute atomic E-state index is 12.1. The predicted octanol–water partition coefficient (Wildman–Crippen LogP) is 2.18. The van der Waals surface area contributed by atoms with E-state index in [0.717, 1.165) is 0 Å². The van der Waals surface area contributed by atoms with Gasteiger partial charge in [0.15, 0.2) is 0 Å². The third kappa shape index (κ3) is 3.34. The van der Waals surface area contributed by atoms with Crippen LogP contribution in [0.25, 0.3) is 0 Å². The van der Waals surface area contributed by atoms with Gasteiger partial charge in [-0.3, -0.25) is 0 Å². The van der Waals surface area contributed by atoms with E-state index in [0.29, 0.717) is 0 Å². The minimum atomic E-state index is -5.42. The zero-order valence-corrected chi connectivity index (χ0v) is 6.51. The summed E-state index contributed by atoms with van der Waals surface area (Å²) in [4.78, 5) is 0. The summed E-state index contributed by atoms with van der Waals surface area (Å²) in [5.74, 6) is -4.55. The largest absolute Gasteiger partial charge is 0.453 e. The van der Waals surface area contributed by atoms with Gasteiger partial charge in [-0.15, -0.1) is 0 Å². The van der Waals surface area contributed by atoms with Crippen LogP contribution >= 0.6 is 0 Å². The Morgan fingerprint density at radius 2 is 1.58 bits per heavy atom. The van der Waals surface area contributed by atoms with Crippen molar-refractivity contribution in [3.63, 3.8) is 0 Å². The van der Waals surface area contributed by atoms with Crippen molar-refractivity contribution in [3.8, 4) is 0 Å². The Balaban J connectivity index is 3.88. The van der Waals surface area contributed by atoms with Crippen LogP contribution in [0.1, 0.15) is 12.8 Å². The second-order valence-corrected chi connectivity index (χ2v) is 2.41. The second-order valence-electron chi connectivity index (χ2n) is 2.41. The second kappa shape index (κ2) is 4.02. The monoisotopic (exact) mass is 191 g/mol. The maximum Gasteiger partial charge on any atom is 0.453 e. The number of halogens is 5. The lowest BCUT2D eigenvalue weighted by molar-refractivity contribution is -0.284. The van der Waals surface area contributed by atoms with Gasteiger partial charge in [0.2, 0.25) is 0 Å². The van der Waals surface area contributed by atoms with E-state index in [4.69, 9.17) is 0 Å². The molecule has 0 aromatic heterocycles. The molecule has 0 aliphatic carbocycles. The summed E-state index contributed by atoms with van der Waals surface area (Å²) in [6, 6.07) is 0. The Morgan fingerprint density at radius 3 is 1.92 bits per heavy atom. The van der Waals surface area contributed by atoms with Crippen molar-refractivity contribution < 1.29 is 22.0 Å². The first-order valence-electron chi connectivity index (χ1n) is 3.40. The van der Waals surface area contributed by atoms with Crippen LogP contribution in [0.5, 0.6) is 0 Å². The molecule has 0 saturated heterocycles. The smallest absolute Gasteiger partial charge is 0.320 e. The van der Waals surface area contributed by atoms with Crippen molar-refractivity contribution in [2.24, 2.45) is 0 Å². The first-order chi connectivity index (χ1) is 5.31. The Hall–Kier alpha value is -0.390. The molecule has 0 saturated carbocycles. The maximum atomic E-state index is 12.1. The minimum Gasteiger partial charge on any atom is -0.320 e. The summed E-state index contributed by atoms with van der Waals surface area (Å²) in [6.45, 7) is 0.158. The topological polar surface area (TPSA) is 12.0 Å². The fourth-order valence-electron chi connectivity index (χ4n) is 0.629. The molecule has 0 aliphatic heterocycles. The normalized spacial score (nSPS) is 13.5. The molecule has 0 aliphatic rings. The molecule has 0 rings (SSSR count). The van der Waals surface area contributed by atoms with Crippen molar-refractivity contribution in [1.82, 2.24) is 5.32 Å². The van der Waals surface area contributed by atoms with Gasteiger partial charge >= 0.3 is 12.1 Å². The lowest BCUT2D eigenvalue weighted by Gasteiger charge is -2.18. The van der Waals surface area contributed by atoms with Crippen LogP contribution in [0.2, 0.25) is 0 Å². The zero-order chi connectivity index (χ0) is 9.83. The van der Waals surface area contributed by atoms with Crippen LogP contribution in [-0.2, 0) is 0 Å². The van der Waals surface area contributed by atoms with Crippen molar-refractivity contribution in [1.29, 1.82) is 0 Å². The van der Waals surface area contributed by atoms with E-state index in [1.165, 1.54) is 7.05 Å². The highest BCUT2D eigenvalue weighted by atomic mass is 19.4. The molecule has 0 unspecified atom stereocenters. The first-order valence-corrected chi connectivity index (χ1v) is 3.40. The first kappa shape index (κ1) is 11.6. The molecule has 0 heterocycles. The lowest BCUT2D eigenvalue weighted by Crippen LogP contribution is -2.36. The number of nitrogens with one attached hydrogen (secondary N) is 1. The minimum absolute atomic E-state index is 0.158. The molecule has 0 bridgehead atoms. The van der Waals surface area contributed by atoms with Crippen molar-refractivity contribution in [2.75, 3.05) is 13.6 Å². The lowest BCUT2D eigenvalue weighted by atomic mass is 10.2. The van der Waals surface area contributed by atoms with Gasteiger partial charge in [-0.1, -0.05) is 0 Å². The van der Waals surface area contributed by atoms with Gasteiger partial charge in [0.25, 0.3) is 0 Å². The van der Waals surface area contributed by atoms with E-state index in [1.54, 1.807) is 0 Å². The van der Waals surface area contributed by atoms with Gasteiger partial charge < -0.3 is 5.32 Å². The molecule has 12 heavy (non-hydrogen) atoms. The van der Waals surface area contributed by atoms with Crippen molar-refractivity contribution in [2.45, 2.75) is 24.9 Å². The zero-order valence-electron chi connectivity index (χ0n) is 6.51. The highest BCUT2D eigenvalue weighted by molar-refractivity contribution is 4.75. The van der Waals surface area contributed by atoms with Crippen LogP contribution in [0.3, 0.4) is 0 Å². The van der Waals surface area contributed by atoms with Crippen LogP contribution in [-0.4, -0.2) is 25.7 Å². The molecule has 0 aromatic rings. The van der Waals surface area contributed by atoms with E-state index in [-0.39, 0.29) is 13.0 Å². The molecule has 0 radical (unpaired) electrons. The highest BCUT2D eigenvalue weighted by Crippen LogP contribution is 2.38. The van der Waals surface area contributed by atoms with Gasteiger partial charge in [0.1, 0.15) is 0 Å². The summed E-state index contributed by atoms with van der Waals surface area (Å²) in [5.41, 5.74) is 0. The molecular formula is C6H10F5N. The van der Waals surface area contributed by atoms with Crippen LogP contribution in [0.4, 0.5) is 22.0 Å². The Labute approximate surface area is 66.9 Å². The van der Waals surface area contributed by atoms with E-state index >= 15 is 0 Å². The fraction of sp³-hybridized carbons (Fsp3) is 1.00. The van der Waals surface area contributed by atoms with Gasteiger partial charge in [-0.05, 0) is 20.0 Å². The summed E-state index contributed by atoms with van der Waals surface area (Å²) < 4.78 is 58.7. The Bertz CT molecular complexity index is 130. The molecule has 74 valence electrons. The average Bonchev–Trinajstić information content (AvgIpc) is 1.85. The molecule has 0 aromatic carbocycles. The summed E-state index contributed by atoms with van der Waals surface area (Å²) >= 11 is 0. The Kier molecular flexibility index (Phi) is 3.89. The molecular weight excluding hydrogens is 181 g/mol. The molecule has 0 spiro atoms. The van der Waals surface area contributed by atoms with Gasteiger partial charge in [-0.2, -0.15) is 22.0 Å². The predicted molar refractivity (Wildman–Crippen MR) is 34.2 cm³/mol. The average molecular weight is 191 g/mol. The van der Waals surface area contributed by atoms with Gasteiger partial charge in [-0.25, -0.2) is 0 Å². The van der Waals surface area contributed by atoms with Crippen molar-refractivity contribution in [3.05, 3.63) is 0 Å². The SMILES string of the molecule is CNCCCC(F)(F)C(F)(F)F. The van der Waals surface area contributed by atoms with Crippen LogP contribution in [0, 0.1) is 0 Å². The van der Waals surface area contributed by atoms with Gasteiger partial charge in [0.05, 0.1) is 0 Å². The number of hydrogen-bond donors (Lipinski definition) is 1. The standard InChI is InChI=1S/C6H10F5N/c1-12-4-2-3-5(7,8)6(9,10)11/h12H,2-4H2,1H3. The molecule has 0 amide bonds. The summed E-state index contributed by atoms with van der Waals surface area (Å²) in [7, 11) is 1.49. The fourth-order valence-corrected chi connectivity index (χ4v) is 0.629. The van der Waals surface area contributed by atoms with Crippen molar-refractivity contribution >= 4 is 0 Å². The number of alkyl halides is 5. The molecule has 6 heteroatoms. The number of hydrogen-bond acceptors (Lipinski definition) is 1. The van der Waals surface area contributed by atoms with Crippen LogP contribution in [0.15, 0.2) is 0 Å². The highest BCUT2D eigenvalue weighted by Gasteiger charge is 2.56. The summed E-state index contributed by atoms with van der Waals surface area (Å²) in [6.07, 6.45) is -6.76. The quantitative estimate of drug-likeness (QED) is 0.530. The van der Waals surface area contributed by atoms with E-state index < -0.39 is 18.5 Å². The van der Waals surface area contributed by atoms with E-state index in [9.17, 15) is 22.0 Å².